The highest BCUT2D eigenvalue weighted by Gasteiger charge is 2.19. The molecule has 0 bridgehead atoms. The number of carbonyl (C=O) groups is 1. The second-order valence-corrected chi connectivity index (χ2v) is 9.01. The van der Waals surface area contributed by atoms with Crippen molar-refractivity contribution < 1.29 is 18.7 Å². The van der Waals surface area contributed by atoms with Gasteiger partial charge >= 0.3 is 0 Å². The maximum absolute atomic E-state index is 12.9. The standard InChI is InChI=1S/C28H36N4O4/c1-3-35-25-11-9-24(10-12-25)20-32(14-13-31-15-17-34-18-16-31)21-27-29-26(22-36-27)28(33)30(2)19-23-7-5-4-6-8-23/h4-12,22H,3,13-21H2,1-2H3. The lowest BCUT2D eigenvalue weighted by Crippen LogP contribution is -2.41. The van der Waals surface area contributed by atoms with Gasteiger partial charge in [0, 0.05) is 46.3 Å². The average molecular weight is 493 g/mol. The molecule has 0 N–H and O–H groups in total. The average Bonchev–Trinajstić information content (AvgIpc) is 3.37. The molecule has 3 aromatic rings. The van der Waals surface area contributed by atoms with E-state index in [4.69, 9.17) is 13.9 Å². The van der Waals surface area contributed by atoms with E-state index in [1.54, 1.807) is 11.9 Å². The smallest absolute Gasteiger partial charge is 0.275 e. The van der Waals surface area contributed by atoms with E-state index in [1.807, 2.05) is 49.4 Å². The quantitative estimate of drug-likeness (QED) is 0.382. The van der Waals surface area contributed by atoms with Gasteiger partial charge in [-0.3, -0.25) is 14.6 Å². The van der Waals surface area contributed by atoms with Crippen LogP contribution in [-0.2, 0) is 24.4 Å². The van der Waals surface area contributed by atoms with E-state index >= 15 is 0 Å². The molecule has 0 spiro atoms. The van der Waals surface area contributed by atoms with E-state index < -0.39 is 0 Å². The molecule has 1 fully saturated rings. The van der Waals surface area contributed by atoms with Crippen LogP contribution in [0.25, 0.3) is 0 Å². The van der Waals surface area contributed by atoms with Crippen molar-refractivity contribution >= 4 is 5.91 Å². The molecule has 1 aliphatic heterocycles. The van der Waals surface area contributed by atoms with Crippen molar-refractivity contribution in [3.05, 3.63) is 83.6 Å². The third kappa shape index (κ3) is 7.65. The summed E-state index contributed by atoms with van der Waals surface area (Å²) < 4.78 is 16.8. The Morgan fingerprint density at radius 3 is 2.44 bits per heavy atom. The van der Waals surface area contributed by atoms with Gasteiger partial charge in [0.05, 0.1) is 26.4 Å². The fraction of sp³-hybridized carbons (Fsp3) is 0.429. The van der Waals surface area contributed by atoms with Gasteiger partial charge in [0.2, 0.25) is 5.89 Å². The lowest BCUT2D eigenvalue weighted by Gasteiger charge is -2.29. The topological polar surface area (TPSA) is 71.3 Å². The fourth-order valence-corrected chi connectivity index (χ4v) is 4.24. The van der Waals surface area contributed by atoms with E-state index in [0.29, 0.717) is 31.3 Å². The van der Waals surface area contributed by atoms with Gasteiger partial charge in [-0.25, -0.2) is 4.98 Å². The molecule has 8 nitrogen and oxygen atoms in total. The molecular weight excluding hydrogens is 456 g/mol. The fourth-order valence-electron chi connectivity index (χ4n) is 4.24. The summed E-state index contributed by atoms with van der Waals surface area (Å²) in [5, 5.41) is 0. The zero-order chi connectivity index (χ0) is 25.2. The Kier molecular flexibility index (Phi) is 9.49. The minimum Gasteiger partial charge on any atom is -0.494 e. The zero-order valence-electron chi connectivity index (χ0n) is 21.3. The van der Waals surface area contributed by atoms with E-state index in [2.05, 4.69) is 26.9 Å². The molecule has 0 radical (unpaired) electrons. The molecule has 8 heteroatoms. The van der Waals surface area contributed by atoms with Crippen LogP contribution in [0.1, 0.15) is 34.4 Å². The number of morpholine rings is 1. The van der Waals surface area contributed by atoms with Crippen LogP contribution >= 0.6 is 0 Å². The first kappa shape index (κ1) is 25.9. The van der Waals surface area contributed by atoms with Crippen molar-refractivity contribution in [1.82, 2.24) is 19.7 Å². The van der Waals surface area contributed by atoms with Crippen molar-refractivity contribution in [3.8, 4) is 5.75 Å². The number of nitrogens with zero attached hydrogens (tertiary/aromatic N) is 4. The van der Waals surface area contributed by atoms with Gasteiger partial charge in [-0.05, 0) is 30.2 Å². The molecule has 0 saturated carbocycles. The summed E-state index contributed by atoms with van der Waals surface area (Å²) in [6, 6.07) is 18.1. The number of aromatic nitrogens is 1. The molecule has 0 atom stereocenters. The predicted molar refractivity (Wildman–Crippen MR) is 138 cm³/mol. The van der Waals surface area contributed by atoms with Gasteiger partial charge in [0.15, 0.2) is 5.69 Å². The first-order chi connectivity index (χ1) is 17.6. The van der Waals surface area contributed by atoms with Crippen molar-refractivity contribution in [2.45, 2.75) is 26.6 Å². The first-order valence-electron chi connectivity index (χ1n) is 12.6. The van der Waals surface area contributed by atoms with E-state index in [-0.39, 0.29) is 5.91 Å². The second-order valence-electron chi connectivity index (χ2n) is 9.01. The van der Waals surface area contributed by atoms with Gasteiger partial charge in [-0.2, -0.15) is 0 Å². The summed E-state index contributed by atoms with van der Waals surface area (Å²) in [5.74, 6) is 1.26. The number of hydrogen-bond acceptors (Lipinski definition) is 7. The van der Waals surface area contributed by atoms with E-state index in [1.165, 1.54) is 11.8 Å². The van der Waals surface area contributed by atoms with Crippen LogP contribution in [0.4, 0.5) is 0 Å². The maximum atomic E-state index is 12.9. The minimum absolute atomic E-state index is 0.153. The molecule has 192 valence electrons. The molecular formula is C28H36N4O4. The van der Waals surface area contributed by atoms with E-state index in [9.17, 15) is 4.79 Å². The maximum Gasteiger partial charge on any atom is 0.275 e. The Bertz CT molecular complexity index is 1060. The SMILES string of the molecule is CCOc1ccc(CN(CCN2CCOCC2)Cc2nc(C(=O)N(C)Cc3ccccc3)co2)cc1. The highest BCUT2D eigenvalue weighted by atomic mass is 16.5. The van der Waals surface area contributed by atoms with E-state index in [0.717, 1.165) is 57.3 Å². The number of benzene rings is 2. The van der Waals surface area contributed by atoms with Crippen LogP contribution < -0.4 is 4.74 Å². The largest absolute Gasteiger partial charge is 0.494 e. The Morgan fingerprint density at radius 1 is 1.00 bits per heavy atom. The molecule has 4 rings (SSSR count). The van der Waals surface area contributed by atoms with Crippen molar-refractivity contribution in [2.75, 3.05) is 53.0 Å². The summed E-state index contributed by atoms with van der Waals surface area (Å²) in [7, 11) is 1.78. The van der Waals surface area contributed by atoms with Crippen LogP contribution in [0.5, 0.6) is 5.75 Å². The summed E-state index contributed by atoms with van der Waals surface area (Å²) in [5.41, 5.74) is 2.59. The highest BCUT2D eigenvalue weighted by molar-refractivity contribution is 5.91. The summed E-state index contributed by atoms with van der Waals surface area (Å²) in [6.45, 7) is 9.66. The summed E-state index contributed by atoms with van der Waals surface area (Å²) >= 11 is 0. The first-order valence-corrected chi connectivity index (χ1v) is 12.6. The van der Waals surface area contributed by atoms with Gasteiger partial charge in [0.25, 0.3) is 5.91 Å². The molecule has 0 aliphatic carbocycles. The number of amides is 1. The van der Waals surface area contributed by atoms with Crippen molar-refractivity contribution in [3.63, 3.8) is 0 Å². The molecule has 2 heterocycles. The van der Waals surface area contributed by atoms with Gasteiger partial charge < -0.3 is 18.8 Å². The van der Waals surface area contributed by atoms with Gasteiger partial charge in [-0.15, -0.1) is 0 Å². The zero-order valence-corrected chi connectivity index (χ0v) is 21.3. The van der Waals surface area contributed by atoms with Crippen LogP contribution in [0.15, 0.2) is 65.3 Å². The lowest BCUT2D eigenvalue weighted by atomic mass is 10.2. The molecule has 2 aromatic carbocycles. The molecule has 1 amide bonds. The van der Waals surface area contributed by atoms with Gasteiger partial charge in [0.1, 0.15) is 12.0 Å². The second kappa shape index (κ2) is 13.2. The number of ether oxygens (including phenoxy) is 2. The Labute approximate surface area is 213 Å². The monoisotopic (exact) mass is 492 g/mol. The third-order valence-corrected chi connectivity index (χ3v) is 6.22. The van der Waals surface area contributed by atoms with Crippen LogP contribution in [-0.4, -0.2) is 78.6 Å². The normalized spacial score (nSPS) is 14.2. The molecule has 1 aliphatic rings. The summed E-state index contributed by atoms with van der Waals surface area (Å²) in [4.78, 5) is 23.8. The van der Waals surface area contributed by atoms with Gasteiger partial charge in [-0.1, -0.05) is 42.5 Å². The Morgan fingerprint density at radius 2 is 1.72 bits per heavy atom. The predicted octanol–water partition coefficient (Wildman–Crippen LogP) is 3.68. The number of carbonyl (C=O) groups excluding carboxylic acids is 1. The highest BCUT2D eigenvalue weighted by Crippen LogP contribution is 2.16. The molecule has 36 heavy (non-hydrogen) atoms. The Balaban J connectivity index is 1.39. The van der Waals surface area contributed by atoms with Crippen LogP contribution in [0, 0.1) is 0 Å². The van der Waals surface area contributed by atoms with Crippen molar-refractivity contribution in [1.29, 1.82) is 0 Å². The Hall–Kier alpha value is -3.20. The minimum atomic E-state index is -0.153. The number of rotatable bonds is 12. The summed E-state index contributed by atoms with van der Waals surface area (Å²) in [6.07, 6.45) is 1.47. The van der Waals surface area contributed by atoms with Crippen LogP contribution in [0.2, 0.25) is 0 Å². The molecule has 0 unspecified atom stereocenters. The lowest BCUT2D eigenvalue weighted by molar-refractivity contribution is 0.0320. The van der Waals surface area contributed by atoms with Crippen molar-refractivity contribution in [2.24, 2.45) is 0 Å². The molecule has 1 saturated heterocycles. The number of hydrogen-bond donors (Lipinski definition) is 0. The third-order valence-electron chi connectivity index (χ3n) is 6.22. The van der Waals surface area contributed by atoms with Crippen LogP contribution in [0.3, 0.4) is 0 Å². The molecule has 1 aromatic heterocycles. The number of oxazole rings is 1.